The Labute approximate surface area is 155 Å². The number of ketones is 2. The second-order valence-corrected chi connectivity index (χ2v) is 8.75. The van der Waals surface area contributed by atoms with Crippen molar-refractivity contribution in [1.82, 2.24) is 0 Å². The molecule has 0 amide bonds. The molecule has 4 atom stereocenters. The molecule has 0 saturated heterocycles. The topological polar surface area (TPSA) is 86.7 Å². The van der Waals surface area contributed by atoms with Gasteiger partial charge in [0.25, 0.3) is 0 Å². The maximum atomic E-state index is 13.1. The van der Waals surface area contributed by atoms with Crippen LogP contribution in [0.2, 0.25) is 0 Å². The maximum Gasteiger partial charge on any atom is 0.324 e. The zero-order valence-electron chi connectivity index (χ0n) is 16.4. The fourth-order valence-electron chi connectivity index (χ4n) is 4.58. The van der Waals surface area contributed by atoms with Gasteiger partial charge in [0.1, 0.15) is 5.60 Å². The van der Waals surface area contributed by atoms with Crippen molar-refractivity contribution in [3.63, 3.8) is 0 Å². The van der Waals surface area contributed by atoms with E-state index in [0.717, 1.165) is 19.3 Å². The van der Waals surface area contributed by atoms with Gasteiger partial charge in [-0.3, -0.25) is 19.2 Å². The van der Waals surface area contributed by atoms with Gasteiger partial charge in [0, 0.05) is 5.92 Å². The molecule has 2 aliphatic carbocycles. The molecule has 2 rings (SSSR count). The SMILES string of the molecule is COC(=O)C12CCCC(C1)C(C(=O)C(C(C)=O)C(=O)OC(C)(C)C)CC2. The van der Waals surface area contributed by atoms with Gasteiger partial charge in [0.2, 0.25) is 0 Å². The Kier molecular flexibility index (Phi) is 5.93. The first-order valence-corrected chi connectivity index (χ1v) is 9.36. The monoisotopic (exact) mass is 366 g/mol. The predicted octanol–water partition coefficient (Wildman–Crippen LogP) is 2.86. The molecule has 6 nitrogen and oxygen atoms in total. The molecule has 0 radical (unpaired) electrons. The number of hydrogen-bond donors (Lipinski definition) is 0. The van der Waals surface area contributed by atoms with Gasteiger partial charge in [0.05, 0.1) is 12.5 Å². The Bertz CT molecular complexity index is 602. The van der Waals surface area contributed by atoms with Crippen LogP contribution in [0.3, 0.4) is 0 Å². The summed E-state index contributed by atoms with van der Waals surface area (Å²) in [6, 6.07) is 0. The minimum absolute atomic E-state index is 0.00777. The molecule has 2 fully saturated rings. The van der Waals surface area contributed by atoms with E-state index >= 15 is 0 Å². The Balaban J connectivity index is 2.19. The van der Waals surface area contributed by atoms with Crippen molar-refractivity contribution < 1.29 is 28.7 Å². The second kappa shape index (κ2) is 7.49. The van der Waals surface area contributed by atoms with E-state index in [0.29, 0.717) is 19.3 Å². The highest BCUT2D eigenvalue weighted by atomic mass is 16.6. The number of ether oxygens (including phenoxy) is 2. The molecule has 0 aromatic heterocycles. The molecule has 2 saturated carbocycles. The van der Waals surface area contributed by atoms with E-state index in [9.17, 15) is 19.2 Å². The first kappa shape index (κ1) is 20.6. The number of hydrogen-bond acceptors (Lipinski definition) is 6. The summed E-state index contributed by atoms with van der Waals surface area (Å²) in [5.74, 6) is -3.55. The summed E-state index contributed by atoms with van der Waals surface area (Å²) in [5.41, 5.74) is -1.27. The Morgan fingerprint density at radius 3 is 2.27 bits per heavy atom. The van der Waals surface area contributed by atoms with Gasteiger partial charge >= 0.3 is 11.9 Å². The summed E-state index contributed by atoms with van der Waals surface area (Å²) in [6.07, 6.45) is 4.11. The van der Waals surface area contributed by atoms with Gasteiger partial charge < -0.3 is 9.47 Å². The van der Waals surface area contributed by atoms with Crippen LogP contribution < -0.4 is 0 Å². The highest BCUT2D eigenvalue weighted by molar-refractivity contribution is 6.17. The van der Waals surface area contributed by atoms with Crippen LogP contribution in [0.5, 0.6) is 0 Å². The highest BCUT2D eigenvalue weighted by Crippen LogP contribution is 2.52. The lowest BCUT2D eigenvalue weighted by atomic mass is 9.57. The van der Waals surface area contributed by atoms with E-state index in [2.05, 4.69) is 0 Å². The van der Waals surface area contributed by atoms with Crippen molar-refractivity contribution in [2.75, 3.05) is 7.11 Å². The molecule has 4 unspecified atom stereocenters. The number of Topliss-reactive ketones (excluding diaryl/α,β-unsaturated/α-hetero) is 2. The number of carbonyl (C=O) groups is 4. The first-order valence-electron chi connectivity index (χ1n) is 9.36. The van der Waals surface area contributed by atoms with Gasteiger partial charge in [-0.05, 0) is 65.7 Å². The van der Waals surface area contributed by atoms with Crippen molar-refractivity contribution in [3.05, 3.63) is 0 Å². The molecule has 146 valence electrons. The molecule has 6 heteroatoms. The van der Waals surface area contributed by atoms with E-state index in [1.165, 1.54) is 14.0 Å². The molecule has 0 aliphatic heterocycles. The van der Waals surface area contributed by atoms with Crippen LogP contribution in [0, 0.1) is 23.2 Å². The summed E-state index contributed by atoms with van der Waals surface area (Å²) < 4.78 is 10.3. The fourth-order valence-corrected chi connectivity index (χ4v) is 4.58. The second-order valence-electron chi connectivity index (χ2n) is 8.75. The molecule has 26 heavy (non-hydrogen) atoms. The molecule has 2 aliphatic rings. The summed E-state index contributed by atoms with van der Waals surface area (Å²) in [7, 11) is 1.40. The normalized spacial score (nSPS) is 29.4. The van der Waals surface area contributed by atoms with Crippen LogP contribution in [0.4, 0.5) is 0 Å². The maximum absolute atomic E-state index is 13.1. The summed E-state index contributed by atoms with van der Waals surface area (Å²) >= 11 is 0. The standard InChI is InChI=1S/C20H30O6/c1-12(21)15(17(23)26-19(2,3)4)16(22)14-8-10-20(18(24)25-5)9-6-7-13(14)11-20/h13-15H,6-11H2,1-5H3. The predicted molar refractivity (Wildman–Crippen MR) is 94.2 cm³/mol. The Morgan fingerprint density at radius 2 is 1.73 bits per heavy atom. The minimum atomic E-state index is -1.37. The number of fused-ring (bicyclic) bond motifs is 2. The van der Waals surface area contributed by atoms with Crippen molar-refractivity contribution in [3.8, 4) is 0 Å². The lowest BCUT2D eigenvalue weighted by Gasteiger charge is -2.46. The van der Waals surface area contributed by atoms with E-state index in [1.807, 2.05) is 0 Å². The summed E-state index contributed by atoms with van der Waals surface area (Å²) in [5, 5.41) is 0. The molecule has 0 aromatic carbocycles. The quantitative estimate of drug-likeness (QED) is 0.549. The van der Waals surface area contributed by atoms with Gasteiger partial charge in [-0.2, -0.15) is 0 Å². The van der Waals surface area contributed by atoms with Gasteiger partial charge in [-0.25, -0.2) is 0 Å². The molecular weight excluding hydrogens is 336 g/mol. The smallest absolute Gasteiger partial charge is 0.324 e. The zero-order valence-corrected chi connectivity index (χ0v) is 16.4. The molecular formula is C20H30O6. The number of esters is 2. The van der Waals surface area contributed by atoms with Crippen LogP contribution >= 0.6 is 0 Å². The first-order chi connectivity index (χ1) is 12.0. The van der Waals surface area contributed by atoms with Crippen molar-refractivity contribution in [1.29, 1.82) is 0 Å². The molecule has 2 bridgehead atoms. The van der Waals surface area contributed by atoms with E-state index < -0.39 is 28.7 Å². The van der Waals surface area contributed by atoms with Crippen molar-refractivity contribution in [2.24, 2.45) is 23.2 Å². The highest BCUT2D eigenvalue weighted by Gasteiger charge is 2.52. The van der Waals surface area contributed by atoms with Crippen molar-refractivity contribution >= 4 is 23.5 Å². The Morgan fingerprint density at radius 1 is 1.08 bits per heavy atom. The third kappa shape index (κ3) is 4.15. The van der Waals surface area contributed by atoms with Gasteiger partial charge in [-0.15, -0.1) is 0 Å². The van der Waals surface area contributed by atoms with Gasteiger partial charge in [-0.1, -0.05) is 6.42 Å². The molecule has 0 spiro atoms. The van der Waals surface area contributed by atoms with Crippen LogP contribution in [0.15, 0.2) is 0 Å². The third-order valence-electron chi connectivity index (χ3n) is 5.70. The van der Waals surface area contributed by atoms with Crippen molar-refractivity contribution in [2.45, 2.75) is 71.8 Å². The van der Waals surface area contributed by atoms with Crippen LogP contribution in [-0.2, 0) is 28.7 Å². The number of rotatable bonds is 5. The molecule has 0 heterocycles. The largest absolute Gasteiger partial charge is 0.469 e. The number of carbonyl (C=O) groups excluding carboxylic acids is 4. The van der Waals surface area contributed by atoms with Gasteiger partial charge in [0.15, 0.2) is 17.5 Å². The van der Waals surface area contributed by atoms with Crippen LogP contribution in [-0.4, -0.2) is 36.2 Å². The van der Waals surface area contributed by atoms with E-state index in [1.54, 1.807) is 20.8 Å². The van der Waals surface area contributed by atoms with E-state index in [-0.39, 0.29) is 23.6 Å². The third-order valence-corrected chi connectivity index (χ3v) is 5.70. The molecule has 0 aromatic rings. The van der Waals surface area contributed by atoms with Crippen LogP contribution in [0.1, 0.15) is 66.2 Å². The zero-order chi connectivity index (χ0) is 19.7. The summed E-state index contributed by atoms with van der Waals surface area (Å²) in [6.45, 7) is 6.38. The van der Waals surface area contributed by atoms with Crippen LogP contribution in [0.25, 0.3) is 0 Å². The fraction of sp³-hybridized carbons (Fsp3) is 0.800. The number of methoxy groups -OCH3 is 1. The lowest BCUT2D eigenvalue weighted by Crippen LogP contribution is -2.48. The summed E-state index contributed by atoms with van der Waals surface area (Å²) in [4.78, 5) is 49.8. The molecule has 0 N–H and O–H groups in total. The Hall–Kier alpha value is -1.72. The minimum Gasteiger partial charge on any atom is -0.469 e. The van der Waals surface area contributed by atoms with E-state index in [4.69, 9.17) is 9.47 Å². The average molecular weight is 366 g/mol. The lowest BCUT2D eigenvalue weighted by molar-refractivity contribution is -0.168. The average Bonchev–Trinajstić information content (AvgIpc) is 2.52.